The second-order valence-electron chi connectivity index (χ2n) is 6.07. The van der Waals surface area contributed by atoms with E-state index in [9.17, 15) is 9.18 Å². The largest absolute Gasteiger partial charge is 0.366 e. The van der Waals surface area contributed by atoms with Gasteiger partial charge in [0, 0.05) is 17.7 Å². The molecule has 0 aliphatic heterocycles. The zero-order valence-corrected chi connectivity index (χ0v) is 12.1. The summed E-state index contributed by atoms with van der Waals surface area (Å²) >= 11 is 0. The van der Waals surface area contributed by atoms with E-state index in [4.69, 9.17) is 5.73 Å². The zero-order chi connectivity index (χ0) is 14.6. The van der Waals surface area contributed by atoms with Crippen LogP contribution in [-0.4, -0.2) is 12.5 Å². The summed E-state index contributed by atoms with van der Waals surface area (Å²) in [5.41, 5.74) is 6.20. The maximum Gasteiger partial charge on any atom is 0.248 e. The van der Waals surface area contributed by atoms with Gasteiger partial charge in [-0.25, -0.2) is 4.39 Å². The number of primary amides is 1. The SMILES string of the molecule is CC(CNCc1cc(C(N)=O)ccc1F)C(C)(C)C. The molecule has 0 heterocycles. The van der Waals surface area contributed by atoms with Gasteiger partial charge in [-0.15, -0.1) is 0 Å². The summed E-state index contributed by atoms with van der Waals surface area (Å²) in [5.74, 6) is -0.389. The third-order valence-corrected chi connectivity index (χ3v) is 3.57. The Labute approximate surface area is 114 Å². The van der Waals surface area contributed by atoms with Gasteiger partial charge in [-0.05, 0) is 36.1 Å². The Morgan fingerprint density at radius 2 is 2.05 bits per heavy atom. The predicted molar refractivity (Wildman–Crippen MR) is 75.2 cm³/mol. The quantitative estimate of drug-likeness (QED) is 0.861. The number of hydrogen-bond acceptors (Lipinski definition) is 2. The van der Waals surface area contributed by atoms with Gasteiger partial charge in [0.1, 0.15) is 5.82 Å². The minimum atomic E-state index is -0.538. The number of halogens is 1. The highest BCUT2D eigenvalue weighted by Crippen LogP contribution is 2.24. The van der Waals surface area contributed by atoms with E-state index in [2.05, 4.69) is 33.0 Å². The van der Waals surface area contributed by atoms with Crippen LogP contribution in [0.1, 0.15) is 43.6 Å². The fourth-order valence-electron chi connectivity index (χ4n) is 1.59. The summed E-state index contributed by atoms with van der Waals surface area (Å²) in [6.45, 7) is 9.87. The highest BCUT2D eigenvalue weighted by atomic mass is 19.1. The Bertz CT molecular complexity index is 452. The van der Waals surface area contributed by atoms with Crippen LogP contribution in [0.4, 0.5) is 4.39 Å². The van der Waals surface area contributed by atoms with Crippen LogP contribution in [0.15, 0.2) is 18.2 Å². The van der Waals surface area contributed by atoms with E-state index in [1.165, 1.54) is 18.2 Å². The Hall–Kier alpha value is -1.42. The van der Waals surface area contributed by atoms with Crippen LogP contribution in [0.3, 0.4) is 0 Å². The van der Waals surface area contributed by atoms with Crippen LogP contribution in [0.2, 0.25) is 0 Å². The highest BCUT2D eigenvalue weighted by Gasteiger charge is 2.19. The van der Waals surface area contributed by atoms with Crippen molar-refractivity contribution in [1.29, 1.82) is 0 Å². The van der Waals surface area contributed by atoms with E-state index in [1.807, 2.05) is 0 Å². The van der Waals surface area contributed by atoms with Crippen LogP contribution in [0.5, 0.6) is 0 Å². The fourth-order valence-corrected chi connectivity index (χ4v) is 1.59. The van der Waals surface area contributed by atoms with Crippen LogP contribution in [0, 0.1) is 17.2 Å². The van der Waals surface area contributed by atoms with Gasteiger partial charge in [0.05, 0.1) is 0 Å². The monoisotopic (exact) mass is 266 g/mol. The van der Waals surface area contributed by atoms with Crippen molar-refractivity contribution >= 4 is 5.91 Å². The fraction of sp³-hybridized carbons (Fsp3) is 0.533. The van der Waals surface area contributed by atoms with Gasteiger partial charge in [-0.3, -0.25) is 4.79 Å². The number of carbonyl (C=O) groups excluding carboxylic acids is 1. The Kier molecular flexibility index (Phi) is 5.06. The van der Waals surface area contributed by atoms with Crippen LogP contribution < -0.4 is 11.1 Å². The molecule has 0 aromatic heterocycles. The van der Waals surface area contributed by atoms with Crippen molar-refractivity contribution in [1.82, 2.24) is 5.32 Å². The molecule has 0 saturated heterocycles. The number of rotatable bonds is 5. The maximum atomic E-state index is 13.6. The molecule has 1 aromatic carbocycles. The number of benzene rings is 1. The molecule has 0 spiro atoms. The standard InChI is InChI=1S/C15H23FN2O/c1-10(15(2,3)4)8-18-9-12-7-11(14(17)19)5-6-13(12)16/h5-7,10,18H,8-9H2,1-4H3,(H2,17,19). The molecule has 3 nitrogen and oxygen atoms in total. The van der Waals surface area contributed by atoms with Gasteiger partial charge in [0.15, 0.2) is 0 Å². The average molecular weight is 266 g/mol. The van der Waals surface area contributed by atoms with Crippen LogP contribution in [0.25, 0.3) is 0 Å². The summed E-state index contributed by atoms with van der Waals surface area (Å²) in [6.07, 6.45) is 0. The molecule has 1 rings (SSSR count). The molecular formula is C15H23FN2O. The number of hydrogen-bond donors (Lipinski definition) is 2. The summed E-state index contributed by atoms with van der Waals surface area (Å²) in [6, 6.07) is 4.19. The van der Waals surface area contributed by atoms with E-state index < -0.39 is 5.91 Å². The molecule has 19 heavy (non-hydrogen) atoms. The Balaban J connectivity index is 2.63. The molecule has 0 fully saturated rings. The van der Waals surface area contributed by atoms with Gasteiger partial charge in [-0.2, -0.15) is 0 Å². The first-order valence-corrected chi connectivity index (χ1v) is 6.50. The lowest BCUT2D eigenvalue weighted by Gasteiger charge is -2.27. The number of nitrogens with two attached hydrogens (primary N) is 1. The van der Waals surface area contributed by atoms with Crippen molar-refractivity contribution < 1.29 is 9.18 Å². The topological polar surface area (TPSA) is 55.1 Å². The van der Waals surface area contributed by atoms with Crippen molar-refractivity contribution in [2.75, 3.05) is 6.54 Å². The van der Waals surface area contributed by atoms with E-state index in [0.29, 0.717) is 23.6 Å². The number of carbonyl (C=O) groups is 1. The Morgan fingerprint density at radius 3 is 2.58 bits per heavy atom. The van der Waals surface area contributed by atoms with Crippen LogP contribution in [-0.2, 0) is 6.54 Å². The smallest absolute Gasteiger partial charge is 0.248 e. The molecule has 0 bridgehead atoms. The van der Waals surface area contributed by atoms with Crippen molar-refractivity contribution in [2.45, 2.75) is 34.2 Å². The van der Waals surface area contributed by atoms with Crippen molar-refractivity contribution in [3.63, 3.8) is 0 Å². The van der Waals surface area contributed by atoms with Gasteiger partial charge >= 0.3 is 0 Å². The van der Waals surface area contributed by atoms with Crippen molar-refractivity contribution in [3.8, 4) is 0 Å². The molecule has 0 aliphatic carbocycles. The lowest BCUT2D eigenvalue weighted by molar-refractivity contribution is 0.1000. The van der Waals surface area contributed by atoms with Crippen molar-refractivity contribution in [3.05, 3.63) is 35.1 Å². The first-order valence-electron chi connectivity index (χ1n) is 6.50. The summed E-state index contributed by atoms with van der Waals surface area (Å²) in [7, 11) is 0. The van der Waals surface area contributed by atoms with Gasteiger partial charge in [0.25, 0.3) is 0 Å². The minimum Gasteiger partial charge on any atom is -0.366 e. The zero-order valence-electron chi connectivity index (χ0n) is 12.1. The summed E-state index contributed by atoms with van der Waals surface area (Å²) in [4.78, 5) is 11.1. The third-order valence-electron chi connectivity index (χ3n) is 3.57. The molecule has 0 radical (unpaired) electrons. The normalized spacial score (nSPS) is 13.3. The second-order valence-corrected chi connectivity index (χ2v) is 6.07. The van der Waals surface area contributed by atoms with E-state index in [1.54, 1.807) is 0 Å². The molecule has 3 N–H and O–H groups in total. The minimum absolute atomic E-state index is 0.209. The average Bonchev–Trinajstić information content (AvgIpc) is 2.29. The molecule has 1 amide bonds. The van der Waals surface area contributed by atoms with Gasteiger partial charge < -0.3 is 11.1 Å². The molecule has 0 saturated carbocycles. The molecule has 1 atom stereocenters. The maximum absolute atomic E-state index is 13.6. The lowest BCUT2D eigenvalue weighted by Crippen LogP contribution is -2.29. The van der Waals surface area contributed by atoms with E-state index in [-0.39, 0.29) is 11.2 Å². The van der Waals surface area contributed by atoms with Crippen LogP contribution >= 0.6 is 0 Å². The summed E-state index contributed by atoms with van der Waals surface area (Å²) < 4.78 is 13.6. The number of nitrogens with one attached hydrogen (secondary N) is 1. The summed E-state index contributed by atoms with van der Waals surface area (Å²) in [5, 5.41) is 3.22. The lowest BCUT2D eigenvalue weighted by atomic mass is 9.82. The van der Waals surface area contributed by atoms with Gasteiger partial charge in [0.2, 0.25) is 5.91 Å². The van der Waals surface area contributed by atoms with Crippen molar-refractivity contribution in [2.24, 2.45) is 17.1 Å². The first-order chi connectivity index (χ1) is 8.71. The third kappa shape index (κ3) is 4.63. The van der Waals surface area contributed by atoms with E-state index in [0.717, 1.165) is 6.54 Å². The molecular weight excluding hydrogens is 243 g/mol. The van der Waals surface area contributed by atoms with E-state index >= 15 is 0 Å². The molecule has 1 unspecified atom stereocenters. The second kappa shape index (κ2) is 6.15. The molecule has 106 valence electrons. The van der Waals surface area contributed by atoms with Gasteiger partial charge in [-0.1, -0.05) is 27.7 Å². The Morgan fingerprint density at radius 1 is 1.42 bits per heavy atom. The molecule has 4 heteroatoms. The highest BCUT2D eigenvalue weighted by molar-refractivity contribution is 5.92. The molecule has 0 aliphatic rings. The first kappa shape index (κ1) is 15.6. The predicted octanol–water partition coefficient (Wildman–Crippen LogP) is 2.70. The number of amides is 1. The molecule has 1 aromatic rings.